The molecule has 2 fully saturated rings. The number of amidine groups is 1. The molecule has 3 unspecified atom stereocenters. The van der Waals surface area contributed by atoms with Crippen LogP contribution in [0, 0.1) is 12.8 Å². The van der Waals surface area contributed by atoms with Gasteiger partial charge in [0, 0.05) is 34.7 Å². The molecule has 2 saturated heterocycles. The molecular weight excluding hydrogens is 402 g/mol. The number of halogens is 1. The van der Waals surface area contributed by atoms with Gasteiger partial charge < -0.3 is 19.2 Å². The Kier molecular flexibility index (Phi) is 4.79. The number of fused-ring (bicyclic) bond motifs is 3. The predicted octanol–water partition coefficient (Wildman–Crippen LogP) is 3.89. The van der Waals surface area contributed by atoms with E-state index in [0.717, 1.165) is 65.1 Å². The predicted molar refractivity (Wildman–Crippen MR) is 116 cm³/mol. The van der Waals surface area contributed by atoms with Gasteiger partial charge in [0.05, 0.1) is 27.3 Å². The van der Waals surface area contributed by atoms with E-state index >= 15 is 0 Å². The number of ether oxygens (including phenoxy) is 2. The largest absolute Gasteiger partial charge is 0.497 e. The van der Waals surface area contributed by atoms with Crippen molar-refractivity contribution in [1.82, 2.24) is 9.80 Å². The van der Waals surface area contributed by atoms with Gasteiger partial charge in [-0.25, -0.2) is 0 Å². The van der Waals surface area contributed by atoms with Crippen LogP contribution in [-0.4, -0.2) is 55.2 Å². The van der Waals surface area contributed by atoms with Gasteiger partial charge in [-0.1, -0.05) is 16.8 Å². The fraction of sp³-hybridized carbons (Fsp3) is 0.435. The summed E-state index contributed by atoms with van der Waals surface area (Å²) in [5.74, 6) is 2.85. The van der Waals surface area contributed by atoms with Crippen molar-refractivity contribution in [3.63, 3.8) is 0 Å². The molecule has 2 bridgehead atoms. The number of hydrogen-bond donors (Lipinski definition) is 0. The van der Waals surface area contributed by atoms with Gasteiger partial charge in [-0.2, -0.15) is 0 Å². The number of rotatable bonds is 5. The van der Waals surface area contributed by atoms with E-state index in [-0.39, 0.29) is 0 Å². The Bertz CT molecular complexity index is 1010. The van der Waals surface area contributed by atoms with Crippen molar-refractivity contribution in [3.05, 3.63) is 58.1 Å². The monoisotopic (exact) mass is 427 g/mol. The van der Waals surface area contributed by atoms with Crippen LogP contribution in [0.25, 0.3) is 0 Å². The summed E-state index contributed by atoms with van der Waals surface area (Å²) in [6.45, 7) is 5.69. The third-order valence-electron chi connectivity index (χ3n) is 6.60. The lowest BCUT2D eigenvalue weighted by Gasteiger charge is -2.40. The van der Waals surface area contributed by atoms with Gasteiger partial charge in [-0.05, 0) is 55.8 Å². The molecule has 3 atom stereocenters. The maximum atomic E-state index is 6.27. The van der Waals surface area contributed by atoms with Crippen LogP contribution in [0.3, 0.4) is 0 Å². The van der Waals surface area contributed by atoms with Crippen molar-refractivity contribution in [1.29, 1.82) is 0 Å². The Morgan fingerprint density at radius 1 is 1.20 bits per heavy atom. The minimum atomic E-state index is -0.438. The molecule has 3 aliphatic rings. The number of benzene rings is 2. The molecular formula is C23H26ClN3O3. The van der Waals surface area contributed by atoms with Crippen LogP contribution in [0.1, 0.15) is 23.1 Å². The summed E-state index contributed by atoms with van der Waals surface area (Å²) >= 11 is 6.27. The van der Waals surface area contributed by atoms with E-state index in [2.05, 4.69) is 27.1 Å². The highest BCUT2D eigenvalue weighted by Crippen LogP contribution is 2.46. The standard InChI is InChI=1S/C23H26ClN3O3/c1-15-10-16(5-7-20(15)24)22-25-30-23(14-26-9-8-18(23)13-26)27(22)12-17-4-6-19(28-2)11-21(17)29-3/h4-7,10-11,18H,8-9,12-14H2,1-3H3. The van der Waals surface area contributed by atoms with E-state index < -0.39 is 5.72 Å². The highest BCUT2D eigenvalue weighted by Gasteiger charge is 2.60. The van der Waals surface area contributed by atoms with Gasteiger partial charge in [-0.15, -0.1) is 0 Å². The lowest BCUT2D eigenvalue weighted by Crippen LogP contribution is -2.56. The zero-order valence-corrected chi connectivity index (χ0v) is 18.3. The average molecular weight is 428 g/mol. The molecule has 0 amide bonds. The van der Waals surface area contributed by atoms with Gasteiger partial charge in [0.15, 0.2) is 5.84 Å². The molecule has 7 heteroatoms. The van der Waals surface area contributed by atoms with Crippen molar-refractivity contribution in [3.8, 4) is 11.5 Å². The first-order valence-electron chi connectivity index (χ1n) is 10.3. The van der Waals surface area contributed by atoms with Crippen LogP contribution >= 0.6 is 11.6 Å². The van der Waals surface area contributed by atoms with Gasteiger partial charge in [0.2, 0.25) is 5.72 Å². The molecule has 2 aromatic carbocycles. The number of aryl methyl sites for hydroxylation is 1. The van der Waals surface area contributed by atoms with Crippen LogP contribution in [0.4, 0.5) is 0 Å². The zero-order chi connectivity index (χ0) is 20.9. The Morgan fingerprint density at radius 2 is 2.07 bits per heavy atom. The summed E-state index contributed by atoms with van der Waals surface area (Å²) in [6, 6.07) is 12.0. The van der Waals surface area contributed by atoms with E-state index in [4.69, 9.17) is 25.9 Å². The molecule has 6 nitrogen and oxygen atoms in total. The SMILES string of the molecule is COc1ccc(CN2C(c3ccc(Cl)c(C)c3)=NOC23CN2CCC3C2)c(OC)c1. The highest BCUT2D eigenvalue weighted by molar-refractivity contribution is 6.31. The normalized spacial score (nSPS) is 26.8. The molecule has 30 heavy (non-hydrogen) atoms. The summed E-state index contributed by atoms with van der Waals surface area (Å²) < 4.78 is 11.0. The summed E-state index contributed by atoms with van der Waals surface area (Å²) in [4.78, 5) is 11.0. The van der Waals surface area contributed by atoms with Crippen LogP contribution in [0.5, 0.6) is 11.5 Å². The molecule has 5 rings (SSSR count). The Labute approximate surface area is 181 Å². The zero-order valence-electron chi connectivity index (χ0n) is 17.5. The van der Waals surface area contributed by atoms with Crippen LogP contribution in [-0.2, 0) is 11.4 Å². The van der Waals surface area contributed by atoms with E-state index in [1.807, 2.05) is 31.2 Å². The molecule has 2 aromatic rings. The Hall–Kier alpha value is -2.44. The second-order valence-electron chi connectivity index (χ2n) is 8.30. The van der Waals surface area contributed by atoms with E-state index in [9.17, 15) is 0 Å². The topological polar surface area (TPSA) is 46.5 Å². The molecule has 0 aromatic heterocycles. The van der Waals surface area contributed by atoms with Crippen molar-refractivity contribution >= 4 is 17.4 Å². The maximum Gasteiger partial charge on any atom is 0.228 e. The second-order valence-corrected chi connectivity index (χ2v) is 8.71. The third kappa shape index (κ3) is 3.01. The van der Waals surface area contributed by atoms with Crippen molar-refractivity contribution in [2.45, 2.75) is 25.6 Å². The number of nitrogens with zero attached hydrogens (tertiary/aromatic N) is 3. The van der Waals surface area contributed by atoms with Crippen molar-refractivity contribution < 1.29 is 14.3 Å². The van der Waals surface area contributed by atoms with Crippen molar-refractivity contribution in [2.24, 2.45) is 11.1 Å². The average Bonchev–Trinajstić information content (AvgIpc) is 3.46. The van der Waals surface area contributed by atoms with Gasteiger partial charge in [0.25, 0.3) is 0 Å². The van der Waals surface area contributed by atoms with Gasteiger partial charge >= 0.3 is 0 Å². The molecule has 3 aliphatic heterocycles. The summed E-state index contributed by atoms with van der Waals surface area (Å²) in [7, 11) is 3.35. The first-order valence-corrected chi connectivity index (χ1v) is 10.7. The first-order chi connectivity index (χ1) is 14.5. The van der Waals surface area contributed by atoms with Crippen LogP contribution < -0.4 is 9.47 Å². The fourth-order valence-electron chi connectivity index (χ4n) is 4.96. The number of methoxy groups -OCH3 is 2. The summed E-state index contributed by atoms with van der Waals surface area (Å²) in [5.41, 5.74) is 2.67. The summed E-state index contributed by atoms with van der Waals surface area (Å²) in [6.07, 6.45) is 1.12. The minimum Gasteiger partial charge on any atom is -0.497 e. The summed E-state index contributed by atoms with van der Waals surface area (Å²) in [5, 5.41) is 5.36. The van der Waals surface area contributed by atoms with Gasteiger partial charge in [-0.3, -0.25) is 4.90 Å². The minimum absolute atomic E-state index is 0.427. The van der Waals surface area contributed by atoms with E-state index in [1.54, 1.807) is 14.2 Å². The van der Waals surface area contributed by atoms with Crippen LogP contribution in [0.15, 0.2) is 41.6 Å². The third-order valence-corrected chi connectivity index (χ3v) is 7.03. The lowest BCUT2D eigenvalue weighted by molar-refractivity contribution is -0.130. The molecule has 0 saturated carbocycles. The number of oxime groups is 1. The highest BCUT2D eigenvalue weighted by atomic mass is 35.5. The molecule has 0 aliphatic carbocycles. The Balaban J connectivity index is 1.55. The quantitative estimate of drug-likeness (QED) is 0.724. The molecule has 0 radical (unpaired) electrons. The smallest absolute Gasteiger partial charge is 0.228 e. The second kappa shape index (κ2) is 7.36. The number of piperidine rings is 1. The maximum absolute atomic E-state index is 6.27. The molecule has 158 valence electrons. The van der Waals surface area contributed by atoms with Crippen molar-refractivity contribution in [2.75, 3.05) is 33.9 Å². The first kappa shape index (κ1) is 19.5. The van der Waals surface area contributed by atoms with Gasteiger partial charge in [0.1, 0.15) is 11.5 Å². The number of hydrogen-bond acceptors (Lipinski definition) is 6. The van der Waals surface area contributed by atoms with Crippen LogP contribution in [0.2, 0.25) is 5.02 Å². The molecule has 0 N–H and O–H groups in total. The van der Waals surface area contributed by atoms with E-state index in [0.29, 0.717) is 12.5 Å². The molecule has 1 spiro atoms. The lowest BCUT2D eigenvalue weighted by atomic mass is 9.92. The molecule has 3 heterocycles. The fourth-order valence-corrected chi connectivity index (χ4v) is 5.07. The van der Waals surface area contributed by atoms with E-state index in [1.165, 1.54) is 0 Å². The Morgan fingerprint density at radius 3 is 2.73 bits per heavy atom.